The molecule has 4 nitrogen and oxygen atoms in total. The van der Waals surface area contributed by atoms with Crippen LogP contribution in [0.4, 0.5) is 5.69 Å². The van der Waals surface area contributed by atoms with Gasteiger partial charge in [0.25, 0.3) is 5.91 Å². The molecule has 94 valence electrons. The number of hydrogen-bond acceptors (Lipinski definition) is 3. The highest BCUT2D eigenvalue weighted by Crippen LogP contribution is 2.26. The Hall–Kier alpha value is -2.51. The molecule has 0 heterocycles. The van der Waals surface area contributed by atoms with Gasteiger partial charge in [-0.25, -0.2) is 0 Å². The van der Waals surface area contributed by atoms with Crippen LogP contribution in [-0.4, -0.2) is 11.0 Å². The fourth-order valence-corrected chi connectivity index (χ4v) is 1.70. The topological polar surface area (TPSA) is 73.1 Å². The van der Waals surface area contributed by atoms with Gasteiger partial charge in [0.1, 0.15) is 5.75 Å². The number of anilines is 1. The second-order valence-electron chi connectivity index (χ2n) is 3.81. The number of nitrogens with one attached hydrogen (secondary N) is 1. The molecule has 0 fully saturated rings. The van der Waals surface area contributed by atoms with Crippen LogP contribution in [0.15, 0.2) is 42.5 Å². The first-order chi connectivity index (χ1) is 9.10. The lowest BCUT2D eigenvalue weighted by Gasteiger charge is -2.07. The molecule has 0 aliphatic rings. The van der Waals surface area contributed by atoms with Crippen LogP contribution in [0.5, 0.6) is 5.75 Å². The van der Waals surface area contributed by atoms with Crippen molar-refractivity contribution in [1.82, 2.24) is 0 Å². The summed E-state index contributed by atoms with van der Waals surface area (Å²) in [5, 5.41) is 21.3. The minimum absolute atomic E-state index is 0.0748. The third-order valence-electron chi connectivity index (χ3n) is 2.46. The van der Waals surface area contributed by atoms with E-state index in [9.17, 15) is 9.90 Å². The van der Waals surface area contributed by atoms with Crippen molar-refractivity contribution in [2.45, 2.75) is 0 Å². The summed E-state index contributed by atoms with van der Waals surface area (Å²) < 4.78 is 0. The van der Waals surface area contributed by atoms with Gasteiger partial charge in [0.05, 0.1) is 17.3 Å². The average molecular weight is 273 g/mol. The minimum atomic E-state index is -0.422. The smallest absolute Gasteiger partial charge is 0.255 e. The molecule has 0 aromatic heterocycles. The Morgan fingerprint density at radius 3 is 2.79 bits per heavy atom. The molecule has 0 atom stereocenters. The van der Waals surface area contributed by atoms with Crippen molar-refractivity contribution in [1.29, 1.82) is 5.26 Å². The maximum Gasteiger partial charge on any atom is 0.255 e. The Morgan fingerprint density at radius 1 is 1.26 bits per heavy atom. The number of nitriles is 1. The zero-order valence-corrected chi connectivity index (χ0v) is 10.5. The van der Waals surface area contributed by atoms with Gasteiger partial charge in [-0.15, -0.1) is 0 Å². The fourth-order valence-electron chi connectivity index (χ4n) is 1.53. The molecule has 19 heavy (non-hydrogen) atoms. The highest BCUT2D eigenvalue weighted by atomic mass is 35.5. The van der Waals surface area contributed by atoms with Gasteiger partial charge in [0.2, 0.25) is 0 Å². The summed E-state index contributed by atoms with van der Waals surface area (Å²) in [6.45, 7) is 0. The Labute approximate surface area is 114 Å². The zero-order valence-electron chi connectivity index (χ0n) is 9.72. The first-order valence-corrected chi connectivity index (χ1v) is 5.78. The Balaban J connectivity index is 2.26. The van der Waals surface area contributed by atoms with Crippen LogP contribution in [0.3, 0.4) is 0 Å². The van der Waals surface area contributed by atoms with Crippen LogP contribution >= 0.6 is 11.6 Å². The number of benzene rings is 2. The Morgan fingerprint density at radius 2 is 2.05 bits per heavy atom. The van der Waals surface area contributed by atoms with E-state index in [4.69, 9.17) is 16.9 Å². The van der Waals surface area contributed by atoms with E-state index in [1.165, 1.54) is 24.3 Å². The number of aromatic hydroxyl groups is 1. The standard InChI is InChI=1S/C14H9ClN2O2/c15-11-4-5-13(18)12(7-11)17-14(19)10-3-1-2-9(6-10)8-16/h1-7,18H,(H,17,19). The van der Waals surface area contributed by atoms with E-state index in [1.807, 2.05) is 6.07 Å². The lowest BCUT2D eigenvalue weighted by Crippen LogP contribution is -2.12. The average Bonchev–Trinajstić information content (AvgIpc) is 2.43. The summed E-state index contributed by atoms with van der Waals surface area (Å²) in [5.74, 6) is -0.496. The molecule has 5 heteroatoms. The summed E-state index contributed by atoms with van der Waals surface area (Å²) in [6.07, 6.45) is 0. The van der Waals surface area contributed by atoms with Crippen LogP contribution in [0, 0.1) is 11.3 Å². The van der Waals surface area contributed by atoms with Crippen molar-refractivity contribution in [3.8, 4) is 11.8 Å². The van der Waals surface area contributed by atoms with Gasteiger partial charge >= 0.3 is 0 Å². The van der Waals surface area contributed by atoms with Crippen LogP contribution in [0.25, 0.3) is 0 Å². The van der Waals surface area contributed by atoms with Gasteiger partial charge in [0, 0.05) is 10.6 Å². The highest BCUT2D eigenvalue weighted by molar-refractivity contribution is 6.31. The molecule has 2 rings (SSSR count). The molecule has 0 bridgehead atoms. The molecule has 0 unspecified atom stereocenters. The second-order valence-corrected chi connectivity index (χ2v) is 4.24. The van der Waals surface area contributed by atoms with Crippen LogP contribution in [0.1, 0.15) is 15.9 Å². The van der Waals surface area contributed by atoms with E-state index >= 15 is 0 Å². The second kappa shape index (κ2) is 5.42. The molecule has 2 aromatic rings. The third-order valence-corrected chi connectivity index (χ3v) is 2.70. The summed E-state index contributed by atoms with van der Waals surface area (Å²) in [4.78, 5) is 12.0. The maximum absolute atomic E-state index is 12.0. The molecule has 1 amide bonds. The normalized spacial score (nSPS) is 9.68. The Bertz CT molecular complexity index is 677. The van der Waals surface area contributed by atoms with Crippen LogP contribution in [-0.2, 0) is 0 Å². The molecular weight excluding hydrogens is 264 g/mol. The summed E-state index contributed by atoms with van der Waals surface area (Å²) in [5.41, 5.74) is 0.946. The van der Waals surface area contributed by atoms with Crippen LogP contribution in [0.2, 0.25) is 5.02 Å². The van der Waals surface area contributed by atoms with Crippen LogP contribution < -0.4 is 5.32 Å². The molecule has 2 aromatic carbocycles. The van der Waals surface area contributed by atoms with Gasteiger partial charge in [-0.1, -0.05) is 17.7 Å². The molecule has 0 saturated carbocycles. The van der Waals surface area contributed by atoms with Crippen molar-refractivity contribution in [3.63, 3.8) is 0 Å². The highest BCUT2D eigenvalue weighted by Gasteiger charge is 2.09. The number of rotatable bonds is 2. The molecule has 0 radical (unpaired) electrons. The van der Waals surface area contributed by atoms with Crippen molar-refractivity contribution < 1.29 is 9.90 Å². The molecule has 0 saturated heterocycles. The largest absolute Gasteiger partial charge is 0.506 e. The number of carbonyl (C=O) groups is 1. The monoisotopic (exact) mass is 272 g/mol. The first-order valence-electron chi connectivity index (χ1n) is 5.40. The molecular formula is C14H9ClN2O2. The lowest BCUT2D eigenvalue weighted by atomic mass is 10.1. The van der Waals surface area contributed by atoms with Crippen molar-refractivity contribution >= 4 is 23.2 Å². The summed E-state index contributed by atoms with van der Waals surface area (Å²) in [7, 11) is 0. The first kappa shape index (κ1) is 12.9. The fraction of sp³-hybridized carbons (Fsp3) is 0. The third kappa shape index (κ3) is 3.03. The van der Waals surface area contributed by atoms with E-state index in [1.54, 1.807) is 18.2 Å². The zero-order chi connectivity index (χ0) is 13.8. The van der Waals surface area contributed by atoms with Gasteiger partial charge in [-0.05, 0) is 36.4 Å². The van der Waals surface area contributed by atoms with E-state index in [0.29, 0.717) is 16.1 Å². The predicted molar refractivity (Wildman–Crippen MR) is 72.2 cm³/mol. The number of halogens is 1. The van der Waals surface area contributed by atoms with Crippen molar-refractivity contribution in [2.75, 3.05) is 5.32 Å². The molecule has 0 aliphatic carbocycles. The molecule has 2 N–H and O–H groups in total. The van der Waals surface area contributed by atoms with E-state index in [2.05, 4.69) is 5.32 Å². The van der Waals surface area contributed by atoms with Crippen molar-refractivity contribution in [2.24, 2.45) is 0 Å². The van der Waals surface area contributed by atoms with Gasteiger partial charge < -0.3 is 10.4 Å². The predicted octanol–water partition coefficient (Wildman–Crippen LogP) is 3.17. The minimum Gasteiger partial charge on any atom is -0.506 e. The quantitative estimate of drug-likeness (QED) is 0.825. The van der Waals surface area contributed by atoms with E-state index in [0.717, 1.165) is 0 Å². The number of amides is 1. The maximum atomic E-state index is 12.0. The van der Waals surface area contributed by atoms with Gasteiger partial charge in [0.15, 0.2) is 0 Å². The summed E-state index contributed by atoms with van der Waals surface area (Å²) >= 11 is 5.79. The van der Waals surface area contributed by atoms with E-state index in [-0.39, 0.29) is 11.4 Å². The lowest BCUT2D eigenvalue weighted by molar-refractivity contribution is 0.102. The number of phenolic OH excluding ortho intramolecular Hbond substituents is 1. The number of hydrogen-bond donors (Lipinski definition) is 2. The van der Waals surface area contributed by atoms with Crippen molar-refractivity contribution in [3.05, 3.63) is 58.6 Å². The number of nitrogens with zero attached hydrogens (tertiary/aromatic N) is 1. The molecule has 0 spiro atoms. The van der Waals surface area contributed by atoms with Gasteiger partial charge in [-0.3, -0.25) is 4.79 Å². The number of phenols is 1. The van der Waals surface area contributed by atoms with E-state index < -0.39 is 5.91 Å². The summed E-state index contributed by atoms with van der Waals surface area (Å²) in [6, 6.07) is 12.6. The number of carbonyl (C=O) groups excluding carboxylic acids is 1. The SMILES string of the molecule is N#Cc1cccc(C(=O)Nc2cc(Cl)ccc2O)c1. The molecule has 0 aliphatic heterocycles. The Kier molecular flexibility index (Phi) is 3.69. The van der Waals surface area contributed by atoms with Gasteiger partial charge in [-0.2, -0.15) is 5.26 Å².